The van der Waals surface area contributed by atoms with Crippen LogP contribution in [0.5, 0.6) is 0 Å². The standard InChI is InChI=1S/C19H32N4O4S/c1-4-11(2)15(28)19(27)23-10-6-8-14(23)18(26)22-9-5-7-13(22)17(25)21-12(3)16(20)24/h11-15,28H,4-10H2,1-3H3,(H2,20,24)(H,21,25). The lowest BCUT2D eigenvalue weighted by molar-refractivity contribution is -0.147. The number of nitrogens with two attached hydrogens (primary N) is 1. The summed E-state index contributed by atoms with van der Waals surface area (Å²) in [5.41, 5.74) is 5.21. The van der Waals surface area contributed by atoms with E-state index in [0.29, 0.717) is 32.4 Å². The molecule has 0 aromatic rings. The summed E-state index contributed by atoms with van der Waals surface area (Å²) in [6.07, 6.45) is 3.42. The van der Waals surface area contributed by atoms with Gasteiger partial charge in [-0.3, -0.25) is 19.2 Å². The molecule has 2 heterocycles. The number of primary amides is 1. The minimum absolute atomic E-state index is 0.115. The Bertz CT molecular complexity index is 629. The van der Waals surface area contributed by atoms with E-state index in [-0.39, 0.29) is 23.6 Å². The molecule has 0 spiro atoms. The van der Waals surface area contributed by atoms with Crippen LogP contribution in [0.3, 0.4) is 0 Å². The second-order valence-corrected chi connectivity index (χ2v) is 8.40. The van der Waals surface area contributed by atoms with Gasteiger partial charge in [0.1, 0.15) is 18.1 Å². The van der Waals surface area contributed by atoms with Gasteiger partial charge in [0, 0.05) is 13.1 Å². The van der Waals surface area contributed by atoms with Gasteiger partial charge in [0.25, 0.3) is 0 Å². The number of thiol groups is 1. The zero-order valence-electron chi connectivity index (χ0n) is 16.9. The van der Waals surface area contributed by atoms with E-state index in [1.807, 2.05) is 13.8 Å². The third-order valence-electron chi connectivity index (χ3n) is 5.88. The molecule has 2 rings (SSSR count). The Morgan fingerprint density at radius 1 is 1.07 bits per heavy atom. The molecule has 28 heavy (non-hydrogen) atoms. The first-order valence-corrected chi connectivity index (χ1v) is 10.6. The topological polar surface area (TPSA) is 113 Å². The minimum Gasteiger partial charge on any atom is -0.368 e. The lowest BCUT2D eigenvalue weighted by Crippen LogP contribution is -2.55. The van der Waals surface area contributed by atoms with Gasteiger partial charge >= 0.3 is 0 Å². The fraction of sp³-hybridized carbons (Fsp3) is 0.789. The van der Waals surface area contributed by atoms with Gasteiger partial charge in [-0.2, -0.15) is 12.6 Å². The summed E-state index contributed by atoms with van der Waals surface area (Å²) in [5.74, 6) is -1.19. The van der Waals surface area contributed by atoms with E-state index in [2.05, 4.69) is 17.9 Å². The van der Waals surface area contributed by atoms with Crippen LogP contribution >= 0.6 is 12.6 Å². The molecule has 2 fully saturated rings. The largest absolute Gasteiger partial charge is 0.368 e. The van der Waals surface area contributed by atoms with Crippen molar-refractivity contribution in [3.8, 4) is 0 Å². The SMILES string of the molecule is CCC(C)C(S)C(=O)N1CCCC1C(=O)N1CCCC1C(=O)NC(C)C(N)=O. The quantitative estimate of drug-likeness (QED) is 0.522. The van der Waals surface area contributed by atoms with Gasteiger partial charge < -0.3 is 20.9 Å². The lowest BCUT2D eigenvalue weighted by atomic mass is 10.0. The maximum absolute atomic E-state index is 13.2. The van der Waals surface area contributed by atoms with Gasteiger partial charge in [-0.1, -0.05) is 20.3 Å². The zero-order chi connectivity index (χ0) is 21.0. The number of rotatable bonds is 7. The highest BCUT2D eigenvalue weighted by Crippen LogP contribution is 2.27. The Labute approximate surface area is 172 Å². The van der Waals surface area contributed by atoms with E-state index in [9.17, 15) is 19.2 Å². The van der Waals surface area contributed by atoms with Gasteiger partial charge in [0.2, 0.25) is 23.6 Å². The molecule has 2 aliphatic heterocycles. The number of carbonyl (C=O) groups is 4. The van der Waals surface area contributed by atoms with Crippen LogP contribution in [-0.4, -0.2) is 69.9 Å². The molecule has 0 saturated carbocycles. The van der Waals surface area contributed by atoms with Crippen molar-refractivity contribution in [3.63, 3.8) is 0 Å². The monoisotopic (exact) mass is 412 g/mol. The van der Waals surface area contributed by atoms with Crippen LogP contribution in [0.15, 0.2) is 0 Å². The molecule has 3 N–H and O–H groups in total. The first-order valence-electron chi connectivity index (χ1n) is 10.1. The molecule has 0 bridgehead atoms. The van der Waals surface area contributed by atoms with E-state index >= 15 is 0 Å². The highest BCUT2D eigenvalue weighted by atomic mass is 32.1. The lowest BCUT2D eigenvalue weighted by Gasteiger charge is -2.33. The summed E-state index contributed by atoms with van der Waals surface area (Å²) in [7, 11) is 0. The molecular formula is C19H32N4O4S. The number of hydrogen-bond donors (Lipinski definition) is 3. The average molecular weight is 413 g/mol. The van der Waals surface area contributed by atoms with Crippen LogP contribution in [0.1, 0.15) is 52.9 Å². The normalized spacial score (nSPS) is 25.3. The third kappa shape index (κ3) is 4.79. The summed E-state index contributed by atoms with van der Waals surface area (Å²) in [5, 5.41) is 2.13. The first kappa shape index (κ1) is 22.5. The second-order valence-electron chi connectivity index (χ2n) is 7.84. The third-order valence-corrected chi connectivity index (χ3v) is 6.61. The van der Waals surface area contributed by atoms with Crippen LogP contribution < -0.4 is 11.1 Å². The van der Waals surface area contributed by atoms with E-state index < -0.39 is 29.3 Å². The molecule has 5 unspecified atom stereocenters. The predicted octanol–water partition coefficient (Wildman–Crippen LogP) is 0.303. The van der Waals surface area contributed by atoms with E-state index in [0.717, 1.165) is 12.8 Å². The van der Waals surface area contributed by atoms with Crippen molar-refractivity contribution in [2.45, 2.75) is 76.3 Å². The zero-order valence-corrected chi connectivity index (χ0v) is 17.8. The van der Waals surface area contributed by atoms with Crippen LogP contribution in [0.2, 0.25) is 0 Å². The molecule has 5 atom stereocenters. The van der Waals surface area contributed by atoms with Crippen molar-refractivity contribution in [1.82, 2.24) is 15.1 Å². The Morgan fingerprint density at radius 3 is 2.21 bits per heavy atom. The summed E-state index contributed by atoms with van der Waals surface area (Å²) in [6.45, 7) is 6.50. The van der Waals surface area contributed by atoms with Crippen molar-refractivity contribution >= 4 is 36.3 Å². The summed E-state index contributed by atoms with van der Waals surface area (Å²) in [4.78, 5) is 53.0. The van der Waals surface area contributed by atoms with Crippen LogP contribution in [0, 0.1) is 5.92 Å². The number of carbonyl (C=O) groups excluding carboxylic acids is 4. The van der Waals surface area contributed by atoms with Crippen molar-refractivity contribution in [1.29, 1.82) is 0 Å². The molecule has 0 aromatic carbocycles. The Kier molecular flexibility index (Phi) is 7.74. The van der Waals surface area contributed by atoms with Crippen molar-refractivity contribution in [2.24, 2.45) is 11.7 Å². The Hall–Kier alpha value is -1.77. The first-order chi connectivity index (χ1) is 13.2. The van der Waals surface area contributed by atoms with Crippen molar-refractivity contribution in [3.05, 3.63) is 0 Å². The molecule has 0 aromatic heterocycles. The molecular weight excluding hydrogens is 380 g/mol. The maximum atomic E-state index is 13.2. The Balaban J connectivity index is 2.09. The number of nitrogens with zero attached hydrogens (tertiary/aromatic N) is 2. The molecule has 0 radical (unpaired) electrons. The fourth-order valence-corrected chi connectivity index (χ4v) is 4.16. The minimum atomic E-state index is -0.796. The van der Waals surface area contributed by atoms with Crippen molar-refractivity contribution in [2.75, 3.05) is 13.1 Å². The summed E-state index contributed by atoms with van der Waals surface area (Å²) < 4.78 is 0. The second kappa shape index (κ2) is 9.62. The molecule has 4 amide bonds. The van der Waals surface area contributed by atoms with E-state index in [1.54, 1.807) is 9.80 Å². The highest BCUT2D eigenvalue weighted by Gasteiger charge is 2.43. The van der Waals surface area contributed by atoms with Gasteiger partial charge in [0.05, 0.1) is 5.25 Å². The molecule has 2 saturated heterocycles. The molecule has 8 nitrogen and oxygen atoms in total. The molecule has 2 aliphatic rings. The van der Waals surface area contributed by atoms with E-state index in [1.165, 1.54) is 6.92 Å². The van der Waals surface area contributed by atoms with Gasteiger partial charge in [-0.25, -0.2) is 0 Å². The van der Waals surface area contributed by atoms with Crippen molar-refractivity contribution < 1.29 is 19.2 Å². The molecule has 0 aliphatic carbocycles. The predicted molar refractivity (Wildman–Crippen MR) is 108 cm³/mol. The highest BCUT2D eigenvalue weighted by molar-refractivity contribution is 7.81. The summed E-state index contributed by atoms with van der Waals surface area (Å²) in [6, 6.07) is -1.98. The molecule has 158 valence electrons. The number of hydrogen-bond acceptors (Lipinski definition) is 5. The van der Waals surface area contributed by atoms with Crippen LogP contribution in [-0.2, 0) is 19.2 Å². The van der Waals surface area contributed by atoms with E-state index in [4.69, 9.17) is 5.73 Å². The van der Waals surface area contributed by atoms with Crippen LogP contribution in [0.4, 0.5) is 0 Å². The number of likely N-dealkylation sites (tertiary alicyclic amines) is 2. The fourth-order valence-electron chi connectivity index (χ4n) is 3.80. The summed E-state index contributed by atoms with van der Waals surface area (Å²) >= 11 is 4.48. The molecule has 9 heteroatoms. The number of amides is 4. The number of nitrogens with one attached hydrogen (secondary N) is 1. The maximum Gasteiger partial charge on any atom is 0.246 e. The van der Waals surface area contributed by atoms with Gasteiger partial charge in [0.15, 0.2) is 0 Å². The van der Waals surface area contributed by atoms with Gasteiger partial charge in [-0.05, 0) is 38.5 Å². The smallest absolute Gasteiger partial charge is 0.246 e. The van der Waals surface area contributed by atoms with Crippen LogP contribution in [0.25, 0.3) is 0 Å². The average Bonchev–Trinajstić information content (AvgIpc) is 3.34. The Morgan fingerprint density at radius 2 is 1.64 bits per heavy atom. The van der Waals surface area contributed by atoms with Gasteiger partial charge in [-0.15, -0.1) is 0 Å².